The molecule has 0 aliphatic rings. The zero-order valence-corrected chi connectivity index (χ0v) is 12.0. The second kappa shape index (κ2) is 5.73. The van der Waals surface area contributed by atoms with Crippen molar-refractivity contribution in [1.29, 1.82) is 0 Å². The Morgan fingerprint density at radius 2 is 2.05 bits per heavy atom. The molecule has 2 rings (SSSR count). The van der Waals surface area contributed by atoms with Gasteiger partial charge in [0.1, 0.15) is 12.1 Å². The fourth-order valence-corrected chi connectivity index (χ4v) is 1.69. The van der Waals surface area contributed by atoms with E-state index in [1.54, 1.807) is 26.1 Å². The summed E-state index contributed by atoms with van der Waals surface area (Å²) in [6.07, 6.45) is 1.49. The number of nitrogens with one attached hydrogen (secondary N) is 2. The minimum atomic E-state index is -0.271. The number of anilines is 2. The zero-order chi connectivity index (χ0) is 14.7. The number of pyridine rings is 1. The van der Waals surface area contributed by atoms with Gasteiger partial charge < -0.3 is 9.73 Å². The van der Waals surface area contributed by atoms with Gasteiger partial charge in [-0.1, -0.05) is 13.8 Å². The molecule has 0 saturated carbocycles. The van der Waals surface area contributed by atoms with E-state index in [2.05, 4.69) is 20.6 Å². The van der Waals surface area contributed by atoms with Gasteiger partial charge in [0, 0.05) is 18.3 Å². The molecule has 0 atom stereocenters. The lowest BCUT2D eigenvalue weighted by Crippen LogP contribution is -2.14. The molecule has 1 amide bonds. The monoisotopic (exact) mass is 274 g/mol. The Bertz CT molecular complexity index is 619. The predicted octanol–water partition coefficient (Wildman–Crippen LogP) is 2.80. The fraction of sp³-hybridized carbons (Fsp3) is 0.357. The van der Waals surface area contributed by atoms with Crippen molar-refractivity contribution in [2.24, 2.45) is 0 Å². The Morgan fingerprint density at radius 1 is 1.30 bits per heavy atom. The number of aryl methyl sites for hydroxylation is 1. The van der Waals surface area contributed by atoms with Gasteiger partial charge in [0.05, 0.1) is 5.69 Å². The maximum absolute atomic E-state index is 12.2. The molecule has 0 aromatic carbocycles. The average molecular weight is 274 g/mol. The largest absolute Gasteiger partial charge is 0.432 e. The first-order valence-electron chi connectivity index (χ1n) is 6.43. The van der Waals surface area contributed by atoms with Gasteiger partial charge in [0.2, 0.25) is 0 Å². The third-order valence-corrected chi connectivity index (χ3v) is 2.79. The lowest BCUT2D eigenvalue weighted by molar-refractivity contribution is 0.102. The van der Waals surface area contributed by atoms with E-state index >= 15 is 0 Å². The number of carbonyl (C=O) groups excluding carboxylic acids is 1. The number of oxazole rings is 1. The summed E-state index contributed by atoms with van der Waals surface area (Å²) in [5, 5.41) is 5.58. The van der Waals surface area contributed by atoms with Gasteiger partial charge in [-0.2, -0.15) is 4.98 Å². The molecule has 2 heterocycles. The van der Waals surface area contributed by atoms with Crippen LogP contribution in [0.2, 0.25) is 0 Å². The number of rotatable bonds is 4. The molecule has 20 heavy (non-hydrogen) atoms. The van der Waals surface area contributed by atoms with Crippen molar-refractivity contribution >= 4 is 17.7 Å². The summed E-state index contributed by atoms with van der Waals surface area (Å²) >= 11 is 0. The molecule has 0 radical (unpaired) electrons. The lowest BCUT2D eigenvalue weighted by atomic mass is 10.1. The Morgan fingerprint density at radius 3 is 2.60 bits per heavy atom. The van der Waals surface area contributed by atoms with Gasteiger partial charge in [0.25, 0.3) is 5.91 Å². The molecule has 0 unspecified atom stereocenters. The van der Waals surface area contributed by atoms with Crippen LogP contribution in [0.3, 0.4) is 0 Å². The van der Waals surface area contributed by atoms with Crippen LogP contribution in [0.5, 0.6) is 0 Å². The first kappa shape index (κ1) is 14.0. The Hall–Kier alpha value is -2.37. The molecule has 6 nitrogen and oxygen atoms in total. The maximum Gasteiger partial charge on any atom is 0.301 e. The summed E-state index contributed by atoms with van der Waals surface area (Å²) in [4.78, 5) is 20.7. The van der Waals surface area contributed by atoms with E-state index in [-0.39, 0.29) is 17.8 Å². The quantitative estimate of drug-likeness (QED) is 0.896. The van der Waals surface area contributed by atoms with Crippen molar-refractivity contribution < 1.29 is 9.21 Å². The summed E-state index contributed by atoms with van der Waals surface area (Å²) in [6.45, 7) is 5.85. The van der Waals surface area contributed by atoms with Crippen LogP contribution >= 0.6 is 0 Å². The van der Waals surface area contributed by atoms with Gasteiger partial charge in [-0.05, 0) is 25.0 Å². The minimum absolute atomic E-state index is 0.196. The molecule has 0 spiro atoms. The van der Waals surface area contributed by atoms with E-state index < -0.39 is 0 Å². The van der Waals surface area contributed by atoms with Gasteiger partial charge in [0.15, 0.2) is 0 Å². The molecule has 106 valence electrons. The summed E-state index contributed by atoms with van der Waals surface area (Å²) in [5.74, 6) is 0.622. The van der Waals surface area contributed by atoms with Crippen molar-refractivity contribution in [2.45, 2.75) is 26.7 Å². The average Bonchev–Trinajstić information content (AvgIpc) is 2.83. The third kappa shape index (κ3) is 3.14. The van der Waals surface area contributed by atoms with E-state index in [0.717, 1.165) is 5.69 Å². The van der Waals surface area contributed by atoms with Crippen molar-refractivity contribution in [1.82, 2.24) is 9.97 Å². The Labute approximate surface area is 117 Å². The van der Waals surface area contributed by atoms with E-state index in [0.29, 0.717) is 17.1 Å². The van der Waals surface area contributed by atoms with Gasteiger partial charge in [-0.15, -0.1) is 0 Å². The molecule has 6 heteroatoms. The predicted molar refractivity (Wildman–Crippen MR) is 77.1 cm³/mol. The van der Waals surface area contributed by atoms with Crippen LogP contribution in [0, 0.1) is 6.92 Å². The van der Waals surface area contributed by atoms with Crippen molar-refractivity contribution in [3.8, 4) is 0 Å². The van der Waals surface area contributed by atoms with Crippen molar-refractivity contribution in [3.63, 3.8) is 0 Å². The summed E-state index contributed by atoms with van der Waals surface area (Å²) < 4.78 is 5.12. The fourth-order valence-electron chi connectivity index (χ4n) is 1.69. The van der Waals surface area contributed by atoms with Crippen LogP contribution in [-0.2, 0) is 0 Å². The molecule has 2 aromatic rings. The number of carbonyl (C=O) groups is 1. The van der Waals surface area contributed by atoms with Gasteiger partial charge in [-0.3, -0.25) is 10.1 Å². The molecule has 0 aliphatic heterocycles. The third-order valence-electron chi connectivity index (χ3n) is 2.79. The highest BCUT2D eigenvalue weighted by atomic mass is 16.4. The van der Waals surface area contributed by atoms with E-state index in [1.807, 2.05) is 13.8 Å². The smallest absolute Gasteiger partial charge is 0.301 e. The molecule has 2 N–H and O–H groups in total. The van der Waals surface area contributed by atoms with Gasteiger partial charge in [-0.25, -0.2) is 4.98 Å². The molecule has 0 saturated heterocycles. The number of hydrogen-bond donors (Lipinski definition) is 2. The highest BCUT2D eigenvalue weighted by Gasteiger charge is 2.13. The maximum atomic E-state index is 12.2. The first-order chi connectivity index (χ1) is 9.49. The van der Waals surface area contributed by atoms with Crippen LogP contribution in [0.1, 0.15) is 41.5 Å². The molecular formula is C14H18N4O2. The van der Waals surface area contributed by atoms with Crippen molar-refractivity contribution in [2.75, 3.05) is 17.7 Å². The lowest BCUT2D eigenvalue weighted by Gasteiger charge is -2.10. The Balaban J connectivity index is 2.26. The molecule has 2 aromatic heterocycles. The van der Waals surface area contributed by atoms with Crippen molar-refractivity contribution in [3.05, 3.63) is 35.3 Å². The normalized spacial score (nSPS) is 10.7. The molecular weight excluding hydrogens is 256 g/mol. The summed E-state index contributed by atoms with van der Waals surface area (Å²) in [5.41, 5.74) is 2.09. The number of nitrogens with zero attached hydrogens (tertiary/aromatic N) is 2. The number of aromatic nitrogens is 2. The van der Waals surface area contributed by atoms with E-state index in [4.69, 9.17) is 4.42 Å². The zero-order valence-electron chi connectivity index (χ0n) is 12.0. The van der Waals surface area contributed by atoms with Gasteiger partial charge >= 0.3 is 6.01 Å². The second-order valence-corrected chi connectivity index (χ2v) is 4.82. The van der Waals surface area contributed by atoms with Crippen LogP contribution in [0.4, 0.5) is 11.8 Å². The Kier molecular flexibility index (Phi) is 4.02. The standard InChI is InChI=1S/C14H18N4O2/c1-8(2)11-5-10(6-12(15-4)17-11)13(19)18-14-16-9(3)7-20-14/h5-8H,1-4H3,(H,15,17)(H,16,18,19). The summed E-state index contributed by atoms with van der Waals surface area (Å²) in [7, 11) is 1.77. The van der Waals surface area contributed by atoms with E-state index in [1.165, 1.54) is 6.26 Å². The number of hydrogen-bond acceptors (Lipinski definition) is 5. The van der Waals surface area contributed by atoms with Crippen LogP contribution < -0.4 is 10.6 Å². The van der Waals surface area contributed by atoms with Crippen LogP contribution in [0.25, 0.3) is 0 Å². The van der Waals surface area contributed by atoms with E-state index in [9.17, 15) is 4.79 Å². The van der Waals surface area contributed by atoms with Crippen LogP contribution in [-0.4, -0.2) is 22.9 Å². The molecule has 0 fully saturated rings. The molecule has 0 aliphatic carbocycles. The topological polar surface area (TPSA) is 80.0 Å². The van der Waals surface area contributed by atoms with Crippen LogP contribution in [0.15, 0.2) is 22.8 Å². The minimum Gasteiger partial charge on any atom is -0.432 e. The second-order valence-electron chi connectivity index (χ2n) is 4.82. The summed E-state index contributed by atoms with van der Waals surface area (Å²) in [6, 6.07) is 3.66. The molecule has 0 bridgehead atoms. The highest BCUT2D eigenvalue weighted by molar-refractivity contribution is 6.03. The first-order valence-corrected chi connectivity index (χ1v) is 6.43. The SMILES string of the molecule is CNc1cc(C(=O)Nc2nc(C)co2)cc(C(C)C)n1. The number of amides is 1. The highest BCUT2D eigenvalue weighted by Crippen LogP contribution is 2.18.